The van der Waals surface area contributed by atoms with E-state index in [9.17, 15) is 4.79 Å². The first-order chi connectivity index (χ1) is 19.7. The van der Waals surface area contributed by atoms with E-state index in [-0.39, 0.29) is 5.78 Å². The van der Waals surface area contributed by atoms with Gasteiger partial charge in [0.1, 0.15) is 0 Å². The molecule has 41 heavy (non-hydrogen) atoms. The van der Waals surface area contributed by atoms with Gasteiger partial charge >= 0.3 is 0 Å². The van der Waals surface area contributed by atoms with Crippen molar-refractivity contribution in [3.8, 4) is 0 Å². The fourth-order valence-corrected chi connectivity index (χ4v) is 5.16. The van der Waals surface area contributed by atoms with Crippen molar-refractivity contribution in [1.82, 2.24) is 0 Å². The highest BCUT2D eigenvalue weighted by Crippen LogP contribution is 2.27. The summed E-state index contributed by atoms with van der Waals surface area (Å²) in [4.78, 5) is 23.0. The molecular formula is C35H43N5O. The van der Waals surface area contributed by atoms with E-state index < -0.39 is 0 Å². The Bertz CT molecular complexity index is 1430. The Hall–Kier alpha value is -4.32. The molecule has 1 aliphatic rings. The van der Waals surface area contributed by atoms with Crippen molar-refractivity contribution in [3.63, 3.8) is 0 Å². The van der Waals surface area contributed by atoms with Gasteiger partial charge < -0.3 is 20.4 Å². The van der Waals surface area contributed by atoms with Crippen molar-refractivity contribution in [1.29, 1.82) is 0 Å². The zero-order valence-electron chi connectivity index (χ0n) is 25.4. The summed E-state index contributed by atoms with van der Waals surface area (Å²) in [7, 11) is 0. The maximum absolute atomic E-state index is 13.3. The fourth-order valence-electron chi connectivity index (χ4n) is 5.16. The van der Waals surface area contributed by atoms with E-state index in [1.165, 1.54) is 5.69 Å². The summed E-state index contributed by atoms with van der Waals surface area (Å²) in [6, 6.07) is 25.4. The minimum atomic E-state index is -0.104. The van der Waals surface area contributed by atoms with Gasteiger partial charge in [0, 0.05) is 54.0 Å². The van der Waals surface area contributed by atoms with E-state index in [4.69, 9.17) is 4.99 Å². The molecule has 0 saturated carbocycles. The molecule has 0 spiro atoms. The highest BCUT2D eigenvalue weighted by atomic mass is 16.1. The summed E-state index contributed by atoms with van der Waals surface area (Å²) in [5, 5.41) is 6.78. The molecule has 1 aliphatic carbocycles. The quantitative estimate of drug-likeness (QED) is 0.237. The third kappa shape index (κ3) is 7.26. The number of nitrogens with one attached hydrogen (secondary N) is 2. The van der Waals surface area contributed by atoms with Gasteiger partial charge in [0.25, 0.3) is 0 Å². The number of aliphatic imine (C=N–C) groups is 1. The van der Waals surface area contributed by atoms with Crippen molar-refractivity contribution >= 4 is 39.9 Å². The number of anilines is 4. The van der Waals surface area contributed by atoms with E-state index >= 15 is 0 Å². The van der Waals surface area contributed by atoms with Crippen molar-refractivity contribution in [2.24, 2.45) is 4.99 Å². The van der Waals surface area contributed by atoms with Crippen LogP contribution in [0.25, 0.3) is 0 Å². The second-order valence-electron chi connectivity index (χ2n) is 10.9. The summed E-state index contributed by atoms with van der Waals surface area (Å²) in [5.41, 5.74) is 7.87. The van der Waals surface area contributed by atoms with Crippen LogP contribution < -0.4 is 20.4 Å². The van der Waals surface area contributed by atoms with Crippen LogP contribution in [0.4, 0.5) is 28.4 Å². The predicted molar refractivity (Wildman–Crippen MR) is 176 cm³/mol. The first-order valence-corrected chi connectivity index (χ1v) is 14.6. The smallest absolute Gasteiger partial charge is 0.204 e. The molecule has 0 radical (unpaired) electrons. The van der Waals surface area contributed by atoms with Gasteiger partial charge in [0.2, 0.25) is 5.78 Å². The van der Waals surface area contributed by atoms with Crippen LogP contribution in [0.1, 0.15) is 47.1 Å². The van der Waals surface area contributed by atoms with Gasteiger partial charge in [-0.05, 0) is 115 Å². The first kappa shape index (κ1) is 29.7. The van der Waals surface area contributed by atoms with Crippen LogP contribution in [-0.4, -0.2) is 36.7 Å². The Kier molecular flexibility index (Phi) is 9.66. The lowest BCUT2D eigenvalue weighted by molar-refractivity contribution is -0.111. The normalized spacial score (nSPS) is 14.3. The molecule has 214 valence electrons. The Morgan fingerprint density at radius 2 is 1.27 bits per heavy atom. The average molecular weight is 550 g/mol. The van der Waals surface area contributed by atoms with Crippen molar-refractivity contribution in [2.75, 3.05) is 33.5 Å². The van der Waals surface area contributed by atoms with Crippen molar-refractivity contribution in [2.45, 2.75) is 60.5 Å². The van der Waals surface area contributed by atoms with Crippen LogP contribution in [0.15, 0.2) is 101 Å². The number of carbonyl (C=O) groups is 1. The van der Waals surface area contributed by atoms with E-state index in [1.807, 2.05) is 61.5 Å². The second kappa shape index (κ2) is 13.4. The molecule has 0 fully saturated rings. The molecule has 0 aromatic heterocycles. The molecule has 6 nitrogen and oxygen atoms in total. The topological polar surface area (TPSA) is 60.0 Å². The van der Waals surface area contributed by atoms with E-state index in [2.05, 4.69) is 86.2 Å². The van der Waals surface area contributed by atoms with Crippen LogP contribution in [0.3, 0.4) is 0 Å². The molecule has 0 amide bonds. The monoisotopic (exact) mass is 549 g/mol. The summed E-state index contributed by atoms with van der Waals surface area (Å²) in [6.07, 6.45) is 3.47. The zero-order chi connectivity index (χ0) is 29.5. The maximum atomic E-state index is 13.3. The molecule has 3 aromatic rings. The summed E-state index contributed by atoms with van der Waals surface area (Å²) in [6.45, 7) is 17.0. The van der Waals surface area contributed by atoms with Gasteiger partial charge in [-0.3, -0.25) is 4.79 Å². The lowest BCUT2D eigenvalue weighted by Gasteiger charge is -2.27. The molecule has 0 unspecified atom stereocenters. The van der Waals surface area contributed by atoms with Gasteiger partial charge in [-0.15, -0.1) is 0 Å². The minimum Gasteiger partial charge on any atom is -0.369 e. The molecule has 3 aromatic carbocycles. The summed E-state index contributed by atoms with van der Waals surface area (Å²) < 4.78 is 0. The van der Waals surface area contributed by atoms with Crippen molar-refractivity contribution in [3.05, 3.63) is 102 Å². The number of aryl methyl sites for hydroxylation is 1. The first-order valence-electron chi connectivity index (χ1n) is 14.6. The Labute approximate surface area is 245 Å². The number of hydrogen-bond donors (Lipinski definition) is 2. The molecule has 4 rings (SSSR count). The predicted octanol–water partition coefficient (Wildman–Crippen LogP) is 8.11. The maximum Gasteiger partial charge on any atom is 0.204 e. The Morgan fingerprint density at radius 3 is 1.80 bits per heavy atom. The van der Waals surface area contributed by atoms with E-state index in [1.54, 1.807) is 6.08 Å². The molecular weight excluding hydrogens is 506 g/mol. The number of allylic oxidation sites excluding steroid dienone is 2. The third-order valence-electron chi connectivity index (χ3n) is 7.35. The summed E-state index contributed by atoms with van der Waals surface area (Å²) >= 11 is 0. The molecule has 2 N–H and O–H groups in total. The minimum absolute atomic E-state index is 0.104. The lowest BCUT2D eigenvalue weighted by atomic mass is 10.0. The highest BCUT2D eigenvalue weighted by molar-refractivity contribution is 6.24. The van der Waals surface area contributed by atoms with E-state index in [0.29, 0.717) is 29.2 Å². The molecule has 6 heteroatoms. The number of rotatable bonds is 11. The fraction of sp³-hybridized carbons (Fsp3) is 0.314. The number of hydrogen-bond acceptors (Lipinski definition) is 6. The third-order valence-corrected chi connectivity index (χ3v) is 7.35. The number of carbonyl (C=O) groups excluding carboxylic acids is 1. The molecule has 0 bridgehead atoms. The number of nitrogens with zero attached hydrogens (tertiary/aromatic N) is 3. The Morgan fingerprint density at radius 1 is 0.707 bits per heavy atom. The molecule has 0 heterocycles. The van der Waals surface area contributed by atoms with Crippen LogP contribution in [-0.2, 0) is 4.79 Å². The Balaban J connectivity index is 1.65. The van der Waals surface area contributed by atoms with Crippen LogP contribution in [0, 0.1) is 6.92 Å². The molecule has 0 saturated heterocycles. The van der Waals surface area contributed by atoms with Gasteiger partial charge in [-0.2, -0.15) is 0 Å². The number of benzene rings is 3. The highest BCUT2D eigenvalue weighted by Gasteiger charge is 2.20. The average Bonchev–Trinajstić information content (AvgIpc) is 2.94. The second-order valence-corrected chi connectivity index (χ2v) is 10.9. The lowest BCUT2D eigenvalue weighted by Crippen LogP contribution is -2.30. The van der Waals surface area contributed by atoms with E-state index in [0.717, 1.165) is 41.4 Å². The zero-order valence-corrected chi connectivity index (χ0v) is 25.4. The molecule has 0 aliphatic heterocycles. The standard InChI is InChI=1S/C35H43N5O/c1-8-39(24(3)4)29-18-14-27(15-19-29)36-32-22-34(35(41)23-33(32)38-31-13-11-10-12-26(31)7)37-28-16-20-30(21-17-28)40(9-2)25(5)6/h10-25,37-38H,8-9H2,1-7H3/b36-32-. The van der Waals surface area contributed by atoms with Gasteiger partial charge in [0.05, 0.1) is 22.8 Å². The number of para-hydroxylation sites is 1. The van der Waals surface area contributed by atoms with Crippen LogP contribution >= 0.6 is 0 Å². The van der Waals surface area contributed by atoms with Crippen LogP contribution in [0.2, 0.25) is 0 Å². The van der Waals surface area contributed by atoms with Crippen molar-refractivity contribution < 1.29 is 4.79 Å². The van der Waals surface area contributed by atoms with Gasteiger partial charge in [0.15, 0.2) is 0 Å². The molecule has 0 atom stereocenters. The largest absolute Gasteiger partial charge is 0.369 e. The summed E-state index contributed by atoms with van der Waals surface area (Å²) in [5.74, 6) is -0.104. The van der Waals surface area contributed by atoms with Gasteiger partial charge in [-0.1, -0.05) is 18.2 Å². The van der Waals surface area contributed by atoms with Gasteiger partial charge in [-0.25, -0.2) is 4.99 Å². The number of ketones is 1. The SMILES string of the molecule is CCN(c1ccc(/N=C2/C=C(Nc3ccc(N(CC)C(C)C)cc3)C(=O)C=C2Nc2ccccc2C)cc1)C(C)C. The van der Waals surface area contributed by atoms with Crippen LogP contribution in [0.5, 0.6) is 0 Å².